The van der Waals surface area contributed by atoms with Crippen LogP contribution in [-0.4, -0.2) is 47.5 Å². The lowest BCUT2D eigenvalue weighted by molar-refractivity contribution is -0.155. The van der Waals surface area contributed by atoms with E-state index >= 15 is 0 Å². The van der Waals surface area contributed by atoms with Crippen molar-refractivity contribution >= 4 is 11.9 Å². The van der Waals surface area contributed by atoms with E-state index in [9.17, 15) is 14.8 Å². The Kier molecular flexibility index (Phi) is 5.95. The van der Waals surface area contributed by atoms with Crippen molar-refractivity contribution in [2.45, 2.75) is 90.3 Å². The summed E-state index contributed by atoms with van der Waals surface area (Å²) >= 11 is 0. The molecule has 6 rings (SSSR count). The molecule has 0 radical (unpaired) electrons. The summed E-state index contributed by atoms with van der Waals surface area (Å²) in [5.41, 5.74) is 2.95. The first-order chi connectivity index (χ1) is 17.1. The Labute approximate surface area is 215 Å². The van der Waals surface area contributed by atoms with Crippen LogP contribution < -0.4 is 0 Å². The molecule has 2 saturated heterocycles. The van der Waals surface area contributed by atoms with Crippen LogP contribution in [0.3, 0.4) is 0 Å². The third-order valence-corrected chi connectivity index (χ3v) is 11.5. The largest absolute Gasteiger partial charge is 0.462 e. The molecule has 6 fully saturated rings. The van der Waals surface area contributed by atoms with Gasteiger partial charge in [0.2, 0.25) is 0 Å². The summed E-state index contributed by atoms with van der Waals surface area (Å²) in [6.07, 6.45) is 10.2. The lowest BCUT2D eigenvalue weighted by Crippen LogP contribution is -2.47. The van der Waals surface area contributed by atoms with E-state index in [0.717, 1.165) is 64.2 Å². The molecule has 6 heteroatoms. The summed E-state index contributed by atoms with van der Waals surface area (Å²) in [5.74, 6) is -0.0784. The number of hydrogen-bond donors (Lipinski definition) is 1. The molecule has 2 heterocycles. The van der Waals surface area contributed by atoms with E-state index in [1.54, 1.807) is 0 Å². The second-order valence-corrected chi connectivity index (χ2v) is 13.7. The second-order valence-electron chi connectivity index (χ2n) is 13.7. The molecule has 4 saturated carbocycles. The van der Waals surface area contributed by atoms with E-state index in [0.29, 0.717) is 11.8 Å². The zero-order valence-corrected chi connectivity index (χ0v) is 22.0. The van der Waals surface area contributed by atoms with Gasteiger partial charge in [0.05, 0.1) is 11.8 Å². The van der Waals surface area contributed by atoms with Gasteiger partial charge in [0.1, 0.15) is 12.2 Å². The van der Waals surface area contributed by atoms with Gasteiger partial charge >= 0.3 is 11.9 Å². The fraction of sp³-hybridized carbons (Fsp3) is 0.800. The highest BCUT2D eigenvalue weighted by atomic mass is 16.6. The van der Waals surface area contributed by atoms with Gasteiger partial charge in [-0.05, 0) is 86.9 Å². The number of esters is 2. The standard InChI is InChI=1S/C30H43NO5/c1-17-7-5-9-29(3)13-25-19(11-23(17)29)21(27(32)35-25)15-31(34)16-22-20-12-24-18(2)8-6-10-30(24,4)14-26(20)36-28(22)33/h19-26,34H,1-2,5-16H2,3-4H3/t19-,20-,21+,22+,23-,24+,25+,26+,29+,30-/m1/s1. The predicted molar refractivity (Wildman–Crippen MR) is 135 cm³/mol. The molecule has 1 N–H and O–H groups in total. The lowest BCUT2D eigenvalue weighted by atomic mass is 9.55. The van der Waals surface area contributed by atoms with Crippen molar-refractivity contribution in [3.63, 3.8) is 0 Å². The Morgan fingerprint density at radius 2 is 1.25 bits per heavy atom. The van der Waals surface area contributed by atoms with Crippen LogP contribution in [0.1, 0.15) is 78.1 Å². The minimum atomic E-state index is -0.361. The molecule has 0 aromatic rings. The summed E-state index contributed by atoms with van der Waals surface area (Å²) in [4.78, 5) is 25.9. The van der Waals surface area contributed by atoms with Crippen LogP contribution >= 0.6 is 0 Å². The first kappa shape index (κ1) is 24.7. The van der Waals surface area contributed by atoms with E-state index in [2.05, 4.69) is 27.0 Å². The number of hydrogen-bond acceptors (Lipinski definition) is 6. The van der Waals surface area contributed by atoms with Crippen molar-refractivity contribution in [3.8, 4) is 0 Å². The fourth-order valence-corrected chi connectivity index (χ4v) is 9.46. The molecular weight excluding hydrogens is 454 g/mol. The average Bonchev–Trinajstić information content (AvgIpc) is 3.25. The SMILES string of the molecule is C=C1CCC[C@@]2(C)C[C@@H]3OC(=O)[C@@H](CN(O)C[C@@H]4C(=O)O[C@H]5C[C@@]6(C)CCCC(=C)[C@@H]6C[C@@H]54)[C@H]3C[C@H]12. The number of carbonyl (C=O) groups excluding carboxylic acids is 2. The molecule has 0 aromatic carbocycles. The second kappa shape index (κ2) is 8.69. The number of fused-ring (bicyclic) bond motifs is 4. The highest BCUT2D eigenvalue weighted by Gasteiger charge is 2.57. The Bertz CT molecular complexity index is 900. The number of hydroxylamine groups is 2. The molecule has 0 unspecified atom stereocenters. The van der Waals surface area contributed by atoms with E-state index in [-0.39, 0.29) is 71.7 Å². The first-order valence-electron chi connectivity index (χ1n) is 14.3. The molecule has 0 amide bonds. The van der Waals surface area contributed by atoms with Gasteiger partial charge in [-0.25, -0.2) is 0 Å². The van der Waals surface area contributed by atoms with Gasteiger partial charge in [-0.1, -0.05) is 38.2 Å². The van der Waals surface area contributed by atoms with E-state index < -0.39 is 0 Å². The Balaban J connectivity index is 1.13. The topological polar surface area (TPSA) is 76.1 Å². The number of carbonyl (C=O) groups is 2. The van der Waals surface area contributed by atoms with Crippen molar-refractivity contribution in [1.82, 2.24) is 5.06 Å². The van der Waals surface area contributed by atoms with Crippen LogP contribution in [0.25, 0.3) is 0 Å². The quantitative estimate of drug-likeness (QED) is 0.322. The third kappa shape index (κ3) is 3.89. The van der Waals surface area contributed by atoms with Crippen LogP contribution in [-0.2, 0) is 19.1 Å². The molecule has 6 aliphatic rings. The van der Waals surface area contributed by atoms with Crippen molar-refractivity contribution in [1.29, 1.82) is 0 Å². The van der Waals surface area contributed by atoms with E-state index in [1.165, 1.54) is 16.2 Å². The van der Waals surface area contributed by atoms with Gasteiger partial charge < -0.3 is 14.7 Å². The number of allylic oxidation sites excluding steroid dienone is 2. The maximum atomic E-state index is 12.9. The van der Waals surface area contributed by atoms with Crippen LogP contribution in [0.2, 0.25) is 0 Å². The number of rotatable bonds is 4. The summed E-state index contributed by atoms with van der Waals surface area (Å²) in [6, 6.07) is 0. The van der Waals surface area contributed by atoms with Crippen molar-refractivity contribution in [2.75, 3.05) is 13.1 Å². The van der Waals surface area contributed by atoms with Gasteiger partial charge in [0.15, 0.2) is 0 Å². The monoisotopic (exact) mass is 497 g/mol. The fourth-order valence-electron chi connectivity index (χ4n) is 9.46. The smallest absolute Gasteiger partial charge is 0.311 e. The maximum absolute atomic E-state index is 12.9. The normalized spacial score (nSPS) is 48.1. The van der Waals surface area contributed by atoms with Crippen LogP contribution in [0.15, 0.2) is 24.3 Å². The molecule has 0 bridgehead atoms. The highest BCUT2D eigenvalue weighted by Crippen LogP contribution is 2.58. The van der Waals surface area contributed by atoms with Gasteiger partial charge in [0, 0.05) is 24.9 Å². The Morgan fingerprint density at radius 1 is 0.833 bits per heavy atom. The van der Waals surface area contributed by atoms with E-state index in [4.69, 9.17) is 9.47 Å². The molecule has 10 atom stereocenters. The Morgan fingerprint density at radius 3 is 1.67 bits per heavy atom. The molecule has 0 aromatic heterocycles. The first-order valence-corrected chi connectivity index (χ1v) is 14.3. The minimum absolute atomic E-state index is 0.0720. The molecule has 36 heavy (non-hydrogen) atoms. The molecule has 2 aliphatic heterocycles. The van der Waals surface area contributed by atoms with Crippen LogP contribution in [0, 0.1) is 46.3 Å². The molecule has 4 aliphatic carbocycles. The lowest BCUT2D eigenvalue weighted by Gasteiger charge is -2.50. The van der Waals surface area contributed by atoms with Gasteiger partial charge in [-0.2, -0.15) is 5.06 Å². The molecule has 0 spiro atoms. The summed E-state index contributed by atoms with van der Waals surface area (Å²) in [6.45, 7) is 13.8. The van der Waals surface area contributed by atoms with Gasteiger partial charge in [-0.3, -0.25) is 9.59 Å². The zero-order valence-electron chi connectivity index (χ0n) is 22.0. The maximum Gasteiger partial charge on any atom is 0.311 e. The molecular formula is C30H43NO5. The zero-order chi connectivity index (χ0) is 25.4. The van der Waals surface area contributed by atoms with Gasteiger partial charge in [-0.15, -0.1) is 0 Å². The van der Waals surface area contributed by atoms with Crippen LogP contribution in [0.5, 0.6) is 0 Å². The minimum Gasteiger partial charge on any atom is -0.462 e. The Hall–Kier alpha value is -1.66. The summed E-state index contributed by atoms with van der Waals surface area (Å²) in [7, 11) is 0. The van der Waals surface area contributed by atoms with E-state index in [1.807, 2.05) is 0 Å². The molecule has 6 nitrogen and oxygen atoms in total. The number of nitrogens with zero attached hydrogens (tertiary/aromatic N) is 1. The summed E-state index contributed by atoms with van der Waals surface area (Å²) < 4.78 is 11.8. The summed E-state index contributed by atoms with van der Waals surface area (Å²) in [5, 5.41) is 12.3. The van der Waals surface area contributed by atoms with Crippen molar-refractivity contribution in [2.24, 2.45) is 46.3 Å². The third-order valence-electron chi connectivity index (χ3n) is 11.5. The van der Waals surface area contributed by atoms with Crippen LogP contribution in [0.4, 0.5) is 0 Å². The van der Waals surface area contributed by atoms with Crippen molar-refractivity contribution in [3.05, 3.63) is 24.3 Å². The highest BCUT2D eigenvalue weighted by molar-refractivity contribution is 5.76. The van der Waals surface area contributed by atoms with Gasteiger partial charge in [0.25, 0.3) is 0 Å². The number of ether oxygens (including phenoxy) is 2. The van der Waals surface area contributed by atoms with Crippen molar-refractivity contribution < 1.29 is 24.3 Å². The average molecular weight is 498 g/mol. The predicted octanol–water partition coefficient (Wildman–Crippen LogP) is 5.31. The molecule has 198 valence electrons.